The number of nitrogens with zero attached hydrogens (tertiary/aromatic N) is 3. The molecule has 3 heterocycles. The molecular formula is C44H46N6O7S2. The smallest absolute Gasteiger partial charge is 0.294 e. The number of thioether (sulfide) groups is 1. The summed E-state index contributed by atoms with van der Waals surface area (Å²) in [6.45, 7) is 5.30. The van der Waals surface area contributed by atoms with E-state index in [0.29, 0.717) is 47.6 Å². The predicted octanol–water partition coefficient (Wildman–Crippen LogP) is 4.44. The third kappa shape index (κ3) is 11.1. The van der Waals surface area contributed by atoms with Gasteiger partial charge in [-0.15, -0.1) is 0 Å². The lowest BCUT2D eigenvalue weighted by Gasteiger charge is -2.19. The Morgan fingerprint density at radius 3 is 1.59 bits per heavy atom. The number of nitrogens with one attached hydrogen (secondary N) is 3. The van der Waals surface area contributed by atoms with Crippen LogP contribution >= 0.6 is 24.0 Å². The average Bonchev–Trinajstić information content (AvgIpc) is 3.69. The first-order valence-corrected chi connectivity index (χ1v) is 20.6. The van der Waals surface area contributed by atoms with Crippen LogP contribution in [0.3, 0.4) is 0 Å². The van der Waals surface area contributed by atoms with E-state index in [0.717, 1.165) is 16.7 Å². The summed E-state index contributed by atoms with van der Waals surface area (Å²) in [5.41, 5.74) is 2.84. The van der Waals surface area contributed by atoms with Gasteiger partial charge in [0, 0.05) is 49.9 Å². The fraction of sp³-hybridized carbons (Fsp3) is 0.273. The van der Waals surface area contributed by atoms with Crippen LogP contribution in [-0.2, 0) is 31.1 Å². The topological polar surface area (TPSA) is 153 Å². The number of aryl methyl sites for hydroxylation is 2. The van der Waals surface area contributed by atoms with Gasteiger partial charge in [0.05, 0.1) is 17.7 Å². The van der Waals surface area contributed by atoms with Gasteiger partial charge in [0.15, 0.2) is 11.5 Å². The van der Waals surface area contributed by atoms with Crippen LogP contribution in [0.15, 0.2) is 113 Å². The maximum absolute atomic E-state index is 13.8. The second kappa shape index (κ2) is 20.6. The van der Waals surface area contributed by atoms with Crippen molar-refractivity contribution in [2.24, 2.45) is 0 Å². The van der Waals surface area contributed by atoms with Crippen molar-refractivity contribution in [1.82, 2.24) is 30.0 Å². The van der Waals surface area contributed by atoms with E-state index >= 15 is 0 Å². The Morgan fingerprint density at radius 1 is 0.661 bits per heavy atom. The number of carbonyl (C=O) groups is 3. The van der Waals surface area contributed by atoms with Crippen LogP contribution in [0.4, 0.5) is 0 Å². The SMILES string of the molecule is Cc1cc(C(=O)NCCNCCNC(=O)c2cc(C)n(Cc3ccccc3)c(=O)c2OCc2ccccc2)c(OCc2ccccc2)c(=O)n1CC(=O)N1CCSC1=S. The molecule has 1 aliphatic rings. The summed E-state index contributed by atoms with van der Waals surface area (Å²) in [5.74, 6) is -0.762. The summed E-state index contributed by atoms with van der Waals surface area (Å²) in [5, 5.41) is 8.89. The summed E-state index contributed by atoms with van der Waals surface area (Å²) in [7, 11) is 0. The highest BCUT2D eigenvalue weighted by molar-refractivity contribution is 8.23. The van der Waals surface area contributed by atoms with Gasteiger partial charge in [-0.25, -0.2) is 0 Å². The second-order valence-electron chi connectivity index (χ2n) is 13.8. The Kier molecular flexibility index (Phi) is 14.9. The van der Waals surface area contributed by atoms with Crippen molar-refractivity contribution in [3.8, 4) is 11.5 Å². The first-order chi connectivity index (χ1) is 28.6. The van der Waals surface area contributed by atoms with Gasteiger partial charge < -0.3 is 34.6 Å². The lowest BCUT2D eigenvalue weighted by Crippen LogP contribution is -2.39. The number of benzene rings is 3. The molecule has 1 saturated heterocycles. The van der Waals surface area contributed by atoms with E-state index in [1.54, 1.807) is 30.5 Å². The monoisotopic (exact) mass is 834 g/mol. The van der Waals surface area contributed by atoms with Gasteiger partial charge >= 0.3 is 0 Å². The van der Waals surface area contributed by atoms with E-state index in [2.05, 4.69) is 16.0 Å². The maximum Gasteiger partial charge on any atom is 0.294 e. The summed E-state index contributed by atoms with van der Waals surface area (Å²) in [4.78, 5) is 69.1. The molecular weight excluding hydrogens is 789 g/mol. The van der Waals surface area contributed by atoms with Crippen LogP contribution in [0.25, 0.3) is 0 Å². The van der Waals surface area contributed by atoms with Crippen molar-refractivity contribution in [2.45, 2.75) is 40.2 Å². The van der Waals surface area contributed by atoms with Gasteiger partial charge in [-0.2, -0.15) is 0 Å². The van der Waals surface area contributed by atoms with Crippen LogP contribution in [0, 0.1) is 13.8 Å². The minimum Gasteiger partial charge on any atom is -0.482 e. The summed E-state index contributed by atoms with van der Waals surface area (Å²) in [6.07, 6.45) is 0. The number of hydrogen-bond acceptors (Lipinski definition) is 10. The van der Waals surface area contributed by atoms with Crippen molar-refractivity contribution < 1.29 is 23.9 Å². The molecule has 0 spiro atoms. The van der Waals surface area contributed by atoms with E-state index in [9.17, 15) is 24.0 Å². The van der Waals surface area contributed by atoms with Crippen molar-refractivity contribution in [3.63, 3.8) is 0 Å². The third-order valence-electron chi connectivity index (χ3n) is 9.58. The average molecular weight is 835 g/mol. The maximum atomic E-state index is 13.8. The molecule has 0 radical (unpaired) electrons. The molecule has 59 heavy (non-hydrogen) atoms. The number of thiocarbonyl (C=S) groups is 1. The van der Waals surface area contributed by atoms with Crippen LogP contribution in [0.5, 0.6) is 11.5 Å². The van der Waals surface area contributed by atoms with Gasteiger partial charge in [0.2, 0.25) is 5.91 Å². The van der Waals surface area contributed by atoms with E-state index in [1.807, 2.05) is 91.0 Å². The number of carbonyl (C=O) groups excluding carboxylic acids is 3. The van der Waals surface area contributed by atoms with Crippen LogP contribution in [0.2, 0.25) is 0 Å². The molecule has 3 aromatic carbocycles. The highest BCUT2D eigenvalue weighted by Crippen LogP contribution is 2.21. The Morgan fingerprint density at radius 2 is 1.12 bits per heavy atom. The lowest BCUT2D eigenvalue weighted by molar-refractivity contribution is -0.127. The van der Waals surface area contributed by atoms with Crippen LogP contribution in [0.1, 0.15) is 48.8 Å². The Hall–Kier alpha value is -6.03. The molecule has 3 N–H and O–H groups in total. The van der Waals surface area contributed by atoms with Gasteiger partial charge in [-0.05, 0) is 42.7 Å². The highest BCUT2D eigenvalue weighted by Gasteiger charge is 2.27. The van der Waals surface area contributed by atoms with Crippen molar-refractivity contribution in [1.29, 1.82) is 0 Å². The number of amides is 3. The van der Waals surface area contributed by atoms with Crippen molar-refractivity contribution >= 4 is 46.0 Å². The molecule has 13 nitrogen and oxygen atoms in total. The zero-order chi connectivity index (χ0) is 41.7. The zero-order valence-corrected chi connectivity index (χ0v) is 34.5. The van der Waals surface area contributed by atoms with Gasteiger partial charge in [0.1, 0.15) is 24.1 Å². The molecule has 0 aliphatic carbocycles. The predicted molar refractivity (Wildman–Crippen MR) is 232 cm³/mol. The fourth-order valence-electron chi connectivity index (χ4n) is 6.42. The quantitative estimate of drug-likeness (QED) is 0.0854. The molecule has 0 saturated carbocycles. The van der Waals surface area contributed by atoms with Gasteiger partial charge in [-0.1, -0.05) is 115 Å². The Bertz CT molecular complexity index is 2410. The van der Waals surface area contributed by atoms with Crippen LogP contribution < -0.4 is 36.5 Å². The molecule has 306 valence electrons. The number of ether oxygens (including phenoxy) is 2. The summed E-state index contributed by atoms with van der Waals surface area (Å²) in [6, 6.07) is 31.5. The fourth-order valence-corrected chi connectivity index (χ4v) is 7.66. The zero-order valence-electron chi connectivity index (χ0n) is 32.9. The second-order valence-corrected chi connectivity index (χ2v) is 15.5. The molecule has 3 amide bonds. The minimum atomic E-state index is -0.594. The number of aromatic nitrogens is 2. The standard InChI is InChI=1S/C44H46N6O7S2/c1-30-24-35(38(56-28-33-14-8-4-9-15-33)42(54)49(30)26-32-12-6-3-7-13-32)40(52)46-20-18-45-19-21-47-41(53)36-25-31(2)50(27-37(51)48-22-23-59-44(48)58)43(55)39(36)57-29-34-16-10-5-11-17-34/h3-17,24-25,45H,18-23,26-29H2,1-2H3,(H,46,52)(H,47,53). The van der Waals surface area contributed by atoms with E-state index < -0.39 is 22.9 Å². The summed E-state index contributed by atoms with van der Waals surface area (Å²) < 4.78 is 15.4. The lowest BCUT2D eigenvalue weighted by atomic mass is 10.1. The number of hydrogen-bond donors (Lipinski definition) is 3. The van der Waals surface area contributed by atoms with Crippen LogP contribution in [-0.4, -0.2) is 74.6 Å². The molecule has 1 fully saturated rings. The molecule has 0 bridgehead atoms. The first kappa shape index (κ1) is 42.6. The third-order valence-corrected chi connectivity index (χ3v) is 11.0. The van der Waals surface area contributed by atoms with Crippen molar-refractivity contribution in [2.75, 3.05) is 38.5 Å². The molecule has 6 rings (SSSR count). The van der Waals surface area contributed by atoms with E-state index in [4.69, 9.17) is 21.7 Å². The summed E-state index contributed by atoms with van der Waals surface area (Å²) >= 11 is 6.72. The molecule has 0 atom stereocenters. The molecule has 1 aliphatic heterocycles. The van der Waals surface area contributed by atoms with Crippen molar-refractivity contribution in [3.05, 3.63) is 163 Å². The molecule has 2 aromatic heterocycles. The molecule has 15 heteroatoms. The normalized spacial score (nSPS) is 12.3. The Balaban J connectivity index is 1.06. The van der Waals surface area contributed by atoms with Gasteiger partial charge in [-0.3, -0.25) is 28.9 Å². The highest BCUT2D eigenvalue weighted by atomic mass is 32.2. The largest absolute Gasteiger partial charge is 0.482 e. The molecule has 0 unspecified atom stereocenters. The van der Waals surface area contributed by atoms with E-state index in [1.165, 1.54) is 21.2 Å². The first-order valence-electron chi connectivity index (χ1n) is 19.2. The minimum absolute atomic E-state index is 0.0278. The number of pyridine rings is 2. The number of rotatable bonds is 18. The Labute approximate surface area is 351 Å². The van der Waals surface area contributed by atoms with E-state index in [-0.39, 0.29) is 61.4 Å². The van der Waals surface area contributed by atoms with Gasteiger partial charge in [0.25, 0.3) is 22.9 Å². The molecule has 5 aromatic rings.